The van der Waals surface area contributed by atoms with Crippen LogP contribution in [0.1, 0.15) is 6.92 Å². The Morgan fingerprint density at radius 1 is 1.45 bits per heavy atom. The fourth-order valence-corrected chi connectivity index (χ4v) is 1.51. The minimum atomic E-state index is 0.690. The van der Waals surface area contributed by atoms with Gasteiger partial charge in [-0.25, -0.2) is 0 Å². The molecule has 1 rings (SSSR count). The quantitative estimate of drug-likeness (QED) is 0.591. The van der Waals surface area contributed by atoms with E-state index in [1.54, 1.807) is 0 Å². The molecular formula is C8H19N3. The lowest BCUT2D eigenvalue weighted by molar-refractivity contribution is 0.108. The molecule has 0 aliphatic carbocycles. The van der Waals surface area contributed by atoms with E-state index >= 15 is 0 Å². The van der Waals surface area contributed by atoms with E-state index in [2.05, 4.69) is 23.8 Å². The van der Waals surface area contributed by atoms with Crippen molar-refractivity contribution in [1.29, 1.82) is 0 Å². The van der Waals surface area contributed by atoms with Gasteiger partial charge in [-0.3, -0.25) is 4.90 Å². The highest BCUT2D eigenvalue weighted by molar-refractivity contribution is 4.76. The maximum atomic E-state index is 5.48. The van der Waals surface area contributed by atoms with E-state index in [1.807, 2.05) is 0 Å². The zero-order chi connectivity index (χ0) is 8.27. The maximum Gasteiger partial charge on any atom is 0.0192 e. The van der Waals surface area contributed by atoms with Crippen LogP contribution in [0.4, 0.5) is 0 Å². The predicted octanol–water partition coefficient (Wildman–Crippen LogP) is -0.419. The van der Waals surface area contributed by atoms with Gasteiger partial charge in [0.1, 0.15) is 0 Å². The molecule has 2 N–H and O–H groups in total. The van der Waals surface area contributed by atoms with E-state index < -0.39 is 0 Å². The Kier molecular flexibility index (Phi) is 3.30. The van der Waals surface area contributed by atoms with Crippen LogP contribution >= 0.6 is 0 Å². The summed E-state index contributed by atoms with van der Waals surface area (Å²) in [7, 11) is 2.18. The number of likely N-dealkylation sites (N-methyl/N-ethyl adjacent to an activating group) is 1. The van der Waals surface area contributed by atoms with Crippen LogP contribution in [-0.4, -0.2) is 55.6 Å². The zero-order valence-corrected chi connectivity index (χ0v) is 7.58. The molecule has 11 heavy (non-hydrogen) atoms. The van der Waals surface area contributed by atoms with Crippen molar-refractivity contribution in [3.05, 3.63) is 0 Å². The Hall–Kier alpha value is -0.120. The minimum absolute atomic E-state index is 0.690. The summed E-state index contributed by atoms with van der Waals surface area (Å²) < 4.78 is 0. The molecule has 1 aliphatic heterocycles. The SMILES string of the molecule is C[C@@H]1CN(CCN)CCN1C. The van der Waals surface area contributed by atoms with Crippen molar-refractivity contribution in [1.82, 2.24) is 9.80 Å². The molecule has 1 saturated heterocycles. The molecule has 3 nitrogen and oxygen atoms in total. The molecule has 0 bridgehead atoms. The lowest BCUT2D eigenvalue weighted by Crippen LogP contribution is -2.51. The lowest BCUT2D eigenvalue weighted by Gasteiger charge is -2.37. The summed E-state index contributed by atoms with van der Waals surface area (Å²) in [6.07, 6.45) is 0. The van der Waals surface area contributed by atoms with Gasteiger partial charge in [0.25, 0.3) is 0 Å². The average Bonchev–Trinajstić information content (AvgIpc) is 1.98. The van der Waals surface area contributed by atoms with Gasteiger partial charge in [-0.15, -0.1) is 0 Å². The molecule has 1 aliphatic rings. The molecule has 0 amide bonds. The Bertz CT molecular complexity index is 116. The zero-order valence-electron chi connectivity index (χ0n) is 7.58. The first-order valence-electron chi connectivity index (χ1n) is 4.36. The van der Waals surface area contributed by atoms with E-state index in [0.29, 0.717) is 6.04 Å². The summed E-state index contributed by atoms with van der Waals surface area (Å²) >= 11 is 0. The van der Waals surface area contributed by atoms with Crippen LogP contribution in [0.2, 0.25) is 0 Å². The number of nitrogens with two attached hydrogens (primary N) is 1. The normalized spacial score (nSPS) is 29.2. The van der Waals surface area contributed by atoms with E-state index in [1.165, 1.54) is 19.6 Å². The van der Waals surface area contributed by atoms with Crippen molar-refractivity contribution in [3.8, 4) is 0 Å². The van der Waals surface area contributed by atoms with E-state index in [4.69, 9.17) is 5.73 Å². The highest BCUT2D eigenvalue weighted by atomic mass is 15.3. The molecule has 3 heteroatoms. The fraction of sp³-hybridized carbons (Fsp3) is 1.00. The van der Waals surface area contributed by atoms with Crippen LogP contribution in [0.25, 0.3) is 0 Å². The second kappa shape index (κ2) is 4.04. The Morgan fingerprint density at radius 3 is 2.73 bits per heavy atom. The number of nitrogens with zero attached hydrogens (tertiary/aromatic N) is 2. The summed E-state index contributed by atoms with van der Waals surface area (Å²) in [4.78, 5) is 4.83. The Balaban J connectivity index is 2.28. The maximum absolute atomic E-state index is 5.48. The first kappa shape index (κ1) is 8.97. The van der Waals surface area contributed by atoms with Gasteiger partial charge in [0.05, 0.1) is 0 Å². The molecule has 0 saturated carbocycles. The molecule has 1 heterocycles. The standard InChI is InChI=1S/C8H19N3/c1-8-7-11(4-3-9)6-5-10(8)2/h8H,3-7,9H2,1-2H3/t8-/m1/s1. The van der Waals surface area contributed by atoms with Crippen molar-refractivity contribution in [2.24, 2.45) is 5.73 Å². The smallest absolute Gasteiger partial charge is 0.0192 e. The van der Waals surface area contributed by atoms with Crippen molar-refractivity contribution >= 4 is 0 Å². The molecule has 0 aromatic rings. The van der Waals surface area contributed by atoms with Gasteiger partial charge in [0.2, 0.25) is 0 Å². The number of piperazine rings is 1. The van der Waals surface area contributed by atoms with E-state index in [9.17, 15) is 0 Å². The second-order valence-electron chi connectivity index (χ2n) is 3.42. The van der Waals surface area contributed by atoms with Crippen molar-refractivity contribution in [3.63, 3.8) is 0 Å². The third-order valence-electron chi connectivity index (χ3n) is 2.49. The number of hydrogen-bond acceptors (Lipinski definition) is 3. The van der Waals surface area contributed by atoms with E-state index in [-0.39, 0.29) is 0 Å². The number of rotatable bonds is 2. The highest BCUT2D eigenvalue weighted by Gasteiger charge is 2.19. The van der Waals surface area contributed by atoms with Crippen LogP contribution in [0.3, 0.4) is 0 Å². The molecule has 0 aromatic heterocycles. The molecule has 0 radical (unpaired) electrons. The van der Waals surface area contributed by atoms with Gasteiger partial charge in [0, 0.05) is 38.8 Å². The Morgan fingerprint density at radius 2 is 2.18 bits per heavy atom. The van der Waals surface area contributed by atoms with Crippen LogP contribution in [0, 0.1) is 0 Å². The summed E-state index contributed by atoms with van der Waals surface area (Å²) in [6.45, 7) is 7.64. The predicted molar refractivity (Wildman–Crippen MR) is 47.6 cm³/mol. The van der Waals surface area contributed by atoms with Crippen molar-refractivity contribution in [2.75, 3.05) is 39.8 Å². The van der Waals surface area contributed by atoms with Crippen LogP contribution in [-0.2, 0) is 0 Å². The van der Waals surface area contributed by atoms with Crippen LogP contribution in [0.5, 0.6) is 0 Å². The van der Waals surface area contributed by atoms with Gasteiger partial charge in [-0.1, -0.05) is 0 Å². The average molecular weight is 157 g/mol. The molecule has 0 spiro atoms. The highest BCUT2D eigenvalue weighted by Crippen LogP contribution is 2.05. The first-order valence-corrected chi connectivity index (χ1v) is 4.36. The Labute approximate surface area is 69.1 Å². The van der Waals surface area contributed by atoms with Gasteiger partial charge in [-0.2, -0.15) is 0 Å². The molecule has 66 valence electrons. The fourth-order valence-electron chi connectivity index (χ4n) is 1.51. The first-order chi connectivity index (χ1) is 5.24. The summed E-state index contributed by atoms with van der Waals surface area (Å²) in [5.41, 5.74) is 5.48. The van der Waals surface area contributed by atoms with Gasteiger partial charge < -0.3 is 10.6 Å². The lowest BCUT2D eigenvalue weighted by atomic mass is 10.2. The van der Waals surface area contributed by atoms with Gasteiger partial charge in [-0.05, 0) is 14.0 Å². The summed E-state index contributed by atoms with van der Waals surface area (Å²) in [5, 5.41) is 0. The molecule has 1 atom stereocenters. The van der Waals surface area contributed by atoms with Gasteiger partial charge >= 0.3 is 0 Å². The minimum Gasteiger partial charge on any atom is -0.329 e. The molecule has 0 aromatic carbocycles. The third-order valence-corrected chi connectivity index (χ3v) is 2.49. The summed E-state index contributed by atoms with van der Waals surface area (Å²) in [6, 6.07) is 0.690. The second-order valence-corrected chi connectivity index (χ2v) is 3.42. The van der Waals surface area contributed by atoms with Gasteiger partial charge in [0.15, 0.2) is 0 Å². The summed E-state index contributed by atoms with van der Waals surface area (Å²) in [5.74, 6) is 0. The van der Waals surface area contributed by atoms with Crippen LogP contribution in [0.15, 0.2) is 0 Å². The molecule has 0 unspecified atom stereocenters. The van der Waals surface area contributed by atoms with Crippen molar-refractivity contribution in [2.45, 2.75) is 13.0 Å². The largest absolute Gasteiger partial charge is 0.329 e. The van der Waals surface area contributed by atoms with Crippen LogP contribution < -0.4 is 5.73 Å². The van der Waals surface area contributed by atoms with Crippen molar-refractivity contribution < 1.29 is 0 Å². The molecular weight excluding hydrogens is 138 g/mol. The topological polar surface area (TPSA) is 32.5 Å². The third kappa shape index (κ3) is 2.43. The number of hydrogen-bond donors (Lipinski definition) is 1. The monoisotopic (exact) mass is 157 g/mol. The van der Waals surface area contributed by atoms with E-state index in [0.717, 1.165) is 13.1 Å². The molecule has 1 fully saturated rings.